The highest BCUT2D eigenvalue weighted by Gasteiger charge is 2.13. The van der Waals surface area contributed by atoms with Gasteiger partial charge in [0.1, 0.15) is 5.69 Å². The van der Waals surface area contributed by atoms with Gasteiger partial charge in [0.2, 0.25) is 0 Å². The number of hydrazine groups is 1. The van der Waals surface area contributed by atoms with Gasteiger partial charge in [-0.25, -0.2) is 0 Å². The van der Waals surface area contributed by atoms with Crippen LogP contribution < -0.4 is 11.3 Å². The summed E-state index contributed by atoms with van der Waals surface area (Å²) in [5.74, 6) is 5.89. The topological polar surface area (TPSA) is 90.4 Å². The molecule has 0 aliphatic heterocycles. The molecule has 0 amide bonds. The van der Waals surface area contributed by atoms with Gasteiger partial charge >= 0.3 is 0 Å². The number of hydrogen-bond donors (Lipinski definition) is 2. The fourth-order valence-electron chi connectivity index (χ4n) is 2.19. The Morgan fingerprint density at radius 1 is 1.43 bits per heavy atom. The monoisotopic (exact) mass is 295 g/mol. The van der Waals surface area contributed by atoms with Crippen molar-refractivity contribution in [3.63, 3.8) is 0 Å². The number of hydrogen-bond acceptors (Lipinski definition) is 5. The van der Waals surface area contributed by atoms with E-state index in [-0.39, 0.29) is 5.69 Å². The molecule has 0 spiro atoms. The molecule has 0 aromatic heterocycles. The molecule has 0 aliphatic carbocycles. The third-order valence-corrected chi connectivity index (χ3v) is 3.58. The normalized spacial score (nSPS) is 12.1. The van der Waals surface area contributed by atoms with Gasteiger partial charge in [0.25, 0.3) is 5.69 Å². The average Bonchev–Trinajstić information content (AvgIpc) is 2.50. The number of anilines is 1. The Labute approximate surface area is 125 Å². The molecule has 118 valence electrons. The number of nitro groups is 1. The molecule has 1 aromatic rings. The number of nitrogens with zero attached hydrogens (tertiary/aromatic N) is 1. The van der Waals surface area contributed by atoms with Gasteiger partial charge in [0.15, 0.2) is 0 Å². The minimum Gasteiger partial charge on any atom is -0.376 e. The Bertz CT molecular complexity index is 452. The van der Waals surface area contributed by atoms with Gasteiger partial charge in [-0.2, -0.15) is 0 Å². The molecule has 0 heterocycles. The number of nitrogens with two attached hydrogens (primary N) is 1. The van der Waals surface area contributed by atoms with Crippen LogP contribution in [-0.4, -0.2) is 11.5 Å². The first kappa shape index (κ1) is 17.4. The van der Waals surface area contributed by atoms with Crippen molar-refractivity contribution in [1.29, 1.82) is 0 Å². The van der Waals surface area contributed by atoms with E-state index in [1.807, 2.05) is 0 Å². The van der Waals surface area contributed by atoms with Crippen molar-refractivity contribution in [2.24, 2.45) is 11.8 Å². The second-order valence-corrected chi connectivity index (χ2v) is 5.18. The summed E-state index contributed by atoms with van der Waals surface area (Å²) in [5, 5.41) is 10.8. The van der Waals surface area contributed by atoms with Crippen LogP contribution in [0.4, 0.5) is 11.4 Å². The molecule has 21 heavy (non-hydrogen) atoms. The summed E-state index contributed by atoms with van der Waals surface area (Å²) in [6.45, 7) is 5.52. The lowest BCUT2D eigenvalue weighted by molar-refractivity contribution is -0.384. The number of unbranched alkanes of at least 4 members (excludes halogenated alkanes) is 1. The van der Waals surface area contributed by atoms with E-state index in [1.54, 1.807) is 12.1 Å². The van der Waals surface area contributed by atoms with E-state index in [4.69, 9.17) is 10.6 Å². The zero-order valence-electron chi connectivity index (χ0n) is 12.8. The van der Waals surface area contributed by atoms with E-state index in [0.717, 1.165) is 18.6 Å². The highest BCUT2D eigenvalue weighted by atomic mass is 16.6. The number of ether oxygens (including phenoxy) is 1. The molecule has 1 unspecified atom stereocenters. The molecule has 0 aliphatic rings. The summed E-state index contributed by atoms with van der Waals surface area (Å²) < 4.78 is 5.73. The van der Waals surface area contributed by atoms with Gasteiger partial charge in [-0.1, -0.05) is 33.1 Å². The quantitative estimate of drug-likeness (QED) is 0.391. The van der Waals surface area contributed by atoms with Crippen LogP contribution in [0.1, 0.15) is 45.1 Å². The van der Waals surface area contributed by atoms with Crippen LogP contribution in [0, 0.1) is 16.0 Å². The fourth-order valence-corrected chi connectivity index (χ4v) is 2.19. The molecule has 6 heteroatoms. The highest BCUT2D eigenvalue weighted by molar-refractivity contribution is 5.61. The zero-order valence-corrected chi connectivity index (χ0v) is 12.8. The molecule has 1 rings (SSSR count). The predicted octanol–water partition coefficient (Wildman–Crippen LogP) is 3.61. The minimum atomic E-state index is -0.461. The number of nitro benzene ring substituents is 1. The van der Waals surface area contributed by atoms with Crippen LogP contribution in [0.2, 0.25) is 0 Å². The van der Waals surface area contributed by atoms with Crippen molar-refractivity contribution < 1.29 is 9.66 Å². The smallest absolute Gasteiger partial charge is 0.293 e. The third kappa shape index (κ3) is 5.69. The van der Waals surface area contributed by atoms with Crippen molar-refractivity contribution in [3.05, 3.63) is 33.9 Å². The summed E-state index contributed by atoms with van der Waals surface area (Å²) in [6.07, 6.45) is 4.71. The average molecular weight is 295 g/mol. The summed E-state index contributed by atoms with van der Waals surface area (Å²) in [6, 6.07) is 4.80. The van der Waals surface area contributed by atoms with E-state index < -0.39 is 4.92 Å². The number of nitrogens with one attached hydrogen (secondary N) is 1. The van der Waals surface area contributed by atoms with Crippen molar-refractivity contribution in [1.82, 2.24) is 0 Å². The Balaban J connectivity index is 2.53. The minimum absolute atomic E-state index is 0.0318. The van der Waals surface area contributed by atoms with Crippen LogP contribution in [0.25, 0.3) is 0 Å². The third-order valence-electron chi connectivity index (χ3n) is 3.58. The molecule has 6 nitrogen and oxygen atoms in total. The molecule has 0 radical (unpaired) electrons. The first-order chi connectivity index (χ1) is 10.1. The van der Waals surface area contributed by atoms with Gasteiger partial charge in [0.05, 0.1) is 11.5 Å². The Kier molecular flexibility index (Phi) is 7.71. The van der Waals surface area contributed by atoms with Crippen LogP contribution >= 0.6 is 0 Å². The van der Waals surface area contributed by atoms with E-state index in [1.165, 1.54) is 25.3 Å². The maximum absolute atomic E-state index is 10.8. The van der Waals surface area contributed by atoms with Gasteiger partial charge in [-0.15, -0.1) is 0 Å². The van der Waals surface area contributed by atoms with Gasteiger partial charge in [-0.3, -0.25) is 16.0 Å². The lowest BCUT2D eigenvalue weighted by Crippen LogP contribution is -2.11. The second-order valence-electron chi connectivity index (χ2n) is 5.18. The first-order valence-corrected chi connectivity index (χ1v) is 7.44. The van der Waals surface area contributed by atoms with Crippen LogP contribution in [0.15, 0.2) is 18.2 Å². The second kappa shape index (κ2) is 9.31. The molecular weight excluding hydrogens is 270 g/mol. The van der Waals surface area contributed by atoms with Gasteiger partial charge in [-0.05, 0) is 30.0 Å². The van der Waals surface area contributed by atoms with Crippen molar-refractivity contribution >= 4 is 11.4 Å². The molecule has 3 N–H and O–H groups in total. The summed E-state index contributed by atoms with van der Waals surface area (Å²) in [4.78, 5) is 10.4. The summed E-state index contributed by atoms with van der Waals surface area (Å²) >= 11 is 0. The maximum Gasteiger partial charge on any atom is 0.293 e. The Hall–Kier alpha value is -1.66. The Morgan fingerprint density at radius 3 is 2.76 bits per heavy atom. The van der Waals surface area contributed by atoms with Gasteiger partial charge < -0.3 is 10.2 Å². The van der Waals surface area contributed by atoms with Crippen LogP contribution in [0.3, 0.4) is 0 Å². The standard InChI is InChI=1S/C15H25N3O3/c1-3-5-6-12(4-2)10-21-11-13-7-8-15(18(19)20)14(9-13)17-16/h7-9,12,17H,3-6,10-11,16H2,1-2H3. The largest absolute Gasteiger partial charge is 0.376 e. The molecule has 0 saturated heterocycles. The van der Waals surface area contributed by atoms with Crippen molar-refractivity contribution in [2.75, 3.05) is 12.0 Å². The predicted molar refractivity (Wildman–Crippen MR) is 83.9 cm³/mol. The fraction of sp³-hybridized carbons (Fsp3) is 0.600. The lowest BCUT2D eigenvalue weighted by atomic mass is 10.0. The molecule has 0 bridgehead atoms. The maximum atomic E-state index is 10.8. The lowest BCUT2D eigenvalue weighted by Gasteiger charge is -2.15. The SMILES string of the molecule is CCCCC(CC)COCc1ccc([N+](=O)[O-])c(NN)c1. The molecule has 0 saturated carbocycles. The number of nitrogen functional groups attached to an aromatic ring is 1. The van der Waals surface area contributed by atoms with Crippen LogP contribution in [0.5, 0.6) is 0 Å². The van der Waals surface area contributed by atoms with E-state index in [9.17, 15) is 10.1 Å². The van der Waals surface area contributed by atoms with Crippen molar-refractivity contribution in [3.8, 4) is 0 Å². The molecule has 0 fully saturated rings. The summed E-state index contributed by atoms with van der Waals surface area (Å²) in [7, 11) is 0. The van der Waals surface area contributed by atoms with Gasteiger partial charge in [0, 0.05) is 12.7 Å². The highest BCUT2D eigenvalue weighted by Crippen LogP contribution is 2.25. The summed E-state index contributed by atoms with van der Waals surface area (Å²) in [5.41, 5.74) is 3.51. The Morgan fingerprint density at radius 2 is 2.19 bits per heavy atom. The molecule has 1 atom stereocenters. The molecular formula is C15H25N3O3. The number of rotatable bonds is 10. The molecule has 1 aromatic carbocycles. The van der Waals surface area contributed by atoms with E-state index in [0.29, 0.717) is 18.2 Å². The number of benzene rings is 1. The zero-order chi connectivity index (χ0) is 15.7. The van der Waals surface area contributed by atoms with Crippen molar-refractivity contribution in [2.45, 2.75) is 46.1 Å². The van der Waals surface area contributed by atoms with E-state index in [2.05, 4.69) is 19.3 Å². The van der Waals surface area contributed by atoms with E-state index >= 15 is 0 Å². The van der Waals surface area contributed by atoms with Crippen LogP contribution in [-0.2, 0) is 11.3 Å². The first-order valence-electron chi connectivity index (χ1n) is 7.44.